The highest BCUT2D eigenvalue weighted by Gasteiger charge is 2.28. The van der Waals surface area contributed by atoms with Crippen molar-refractivity contribution >= 4 is 11.6 Å². The molecule has 0 spiro atoms. The van der Waals surface area contributed by atoms with Crippen molar-refractivity contribution in [1.29, 1.82) is 0 Å². The topological polar surface area (TPSA) is 86.2 Å². The van der Waals surface area contributed by atoms with Crippen LogP contribution in [-0.4, -0.2) is 24.2 Å². The Balaban J connectivity index is 3.89. The predicted octanol–water partition coefficient (Wildman–Crippen LogP) is 10.4. The monoisotopic (exact) mass is 565 g/mol. The van der Waals surface area contributed by atoms with Crippen molar-refractivity contribution in [3.05, 3.63) is 0 Å². The van der Waals surface area contributed by atoms with Gasteiger partial charge in [-0.3, -0.25) is 9.59 Å². The molecule has 0 aromatic carbocycles. The maximum atomic E-state index is 13.0. The summed E-state index contributed by atoms with van der Waals surface area (Å²) < 4.78 is 0. The summed E-state index contributed by atoms with van der Waals surface area (Å²) in [5.74, 6) is -0.559. The third-order valence-electron chi connectivity index (χ3n) is 8.72. The van der Waals surface area contributed by atoms with Gasteiger partial charge in [0.2, 0.25) is 0 Å². The minimum Gasteiger partial charge on any atom is -0.328 e. The van der Waals surface area contributed by atoms with E-state index in [1.54, 1.807) is 0 Å². The molecule has 0 rings (SSSR count). The van der Waals surface area contributed by atoms with Gasteiger partial charge in [-0.2, -0.15) is 0 Å². The fourth-order valence-corrected chi connectivity index (χ4v) is 5.87. The zero-order chi connectivity index (χ0) is 29.5. The largest absolute Gasteiger partial charge is 0.328 e. The van der Waals surface area contributed by atoms with E-state index in [4.69, 9.17) is 11.5 Å². The molecule has 238 valence electrons. The Morgan fingerprint density at radius 3 is 1.10 bits per heavy atom. The maximum absolute atomic E-state index is 13.0. The van der Waals surface area contributed by atoms with Crippen LogP contribution in [0.15, 0.2) is 0 Å². The van der Waals surface area contributed by atoms with E-state index in [2.05, 4.69) is 13.8 Å². The number of rotatable bonds is 33. The second-order valence-electron chi connectivity index (χ2n) is 12.6. The molecule has 0 aliphatic heterocycles. The fourth-order valence-electron chi connectivity index (χ4n) is 5.87. The number of nitrogens with two attached hydrogens (primary N) is 2. The van der Waals surface area contributed by atoms with Gasteiger partial charge in [-0.05, 0) is 12.8 Å². The first-order chi connectivity index (χ1) is 19.6. The molecule has 0 aromatic heterocycles. The Bertz CT molecular complexity index is 551. The molecular formula is C36H72N2O2. The number of Topliss-reactive ketones (excluding diaryl/α,β-unsaturated/α-hetero) is 2. The minimum absolute atomic E-state index is 0.103. The van der Waals surface area contributed by atoms with E-state index >= 15 is 0 Å². The number of ketones is 2. The molecular weight excluding hydrogens is 492 g/mol. The van der Waals surface area contributed by atoms with Crippen molar-refractivity contribution in [3.8, 4) is 0 Å². The van der Waals surface area contributed by atoms with Gasteiger partial charge in [0.05, 0.1) is 12.0 Å². The highest BCUT2D eigenvalue weighted by molar-refractivity contribution is 6.04. The Kier molecular flexibility index (Phi) is 30.6. The molecule has 0 bridgehead atoms. The molecule has 4 N–H and O–H groups in total. The molecule has 0 saturated heterocycles. The maximum Gasteiger partial charge on any atom is 0.161 e. The highest BCUT2D eigenvalue weighted by Crippen LogP contribution is 2.20. The molecule has 2 unspecified atom stereocenters. The summed E-state index contributed by atoms with van der Waals surface area (Å²) in [7, 11) is 0. The van der Waals surface area contributed by atoms with Crippen molar-refractivity contribution in [3.63, 3.8) is 0 Å². The lowest BCUT2D eigenvalue weighted by molar-refractivity contribution is -0.133. The third-order valence-corrected chi connectivity index (χ3v) is 8.72. The van der Waals surface area contributed by atoms with Gasteiger partial charge in [0.25, 0.3) is 0 Å². The van der Waals surface area contributed by atoms with E-state index < -0.39 is 12.0 Å². The van der Waals surface area contributed by atoms with Gasteiger partial charge in [-0.25, -0.2) is 0 Å². The van der Waals surface area contributed by atoms with Crippen LogP contribution < -0.4 is 11.5 Å². The first-order valence-corrected chi connectivity index (χ1v) is 18.1. The highest BCUT2D eigenvalue weighted by atomic mass is 16.2. The van der Waals surface area contributed by atoms with Crippen LogP contribution in [0.3, 0.4) is 0 Å². The van der Waals surface area contributed by atoms with Crippen molar-refractivity contribution in [2.24, 2.45) is 17.4 Å². The first kappa shape index (κ1) is 39.3. The van der Waals surface area contributed by atoms with Crippen LogP contribution in [0.2, 0.25) is 0 Å². The quantitative estimate of drug-likeness (QED) is 0.0613. The summed E-state index contributed by atoms with van der Waals surface area (Å²) in [4.78, 5) is 25.7. The van der Waals surface area contributed by atoms with Gasteiger partial charge < -0.3 is 11.5 Å². The van der Waals surface area contributed by atoms with Gasteiger partial charge in [-0.15, -0.1) is 0 Å². The van der Waals surface area contributed by atoms with E-state index in [0.29, 0.717) is 12.8 Å². The zero-order valence-electron chi connectivity index (χ0n) is 27.3. The normalized spacial score (nSPS) is 13.0. The zero-order valence-corrected chi connectivity index (χ0v) is 27.3. The lowest BCUT2D eigenvalue weighted by Crippen LogP contribution is -2.43. The second kappa shape index (κ2) is 31.2. The predicted molar refractivity (Wildman–Crippen MR) is 176 cm³/mol. The van der Waals surface area contributed by atoms with Gasteiger partial charge in [0, 0.05) is 13.0 Å². The standard InChI is InChI=1S/C36H72N2O2/c1-3-5-7-9-11-13-15-17-18-19-21-23-25-27-29-31-35(39)33(36(40)34(38)32-37)30-28-26-24-22-20-16-14-12-10-8-6-4-2/h33-34H,3-32,37-38H2,1-2H3. The Hall–Kier alpha value is -0.740. The summed E-state index contributed by atoms with van der Waals surface area (Å²) in [6.07, 6.45) is 36.2. The fraction of sp³-hybridized carbons (Fsp3) is 0.944. The van der Waals surface area contributed by atoms with Crippen LogP contribution in [0, 0.1) is 5.92 Å². The number of hydrogen-bond donors (Lipinski definition) is 2. The number of carbonyl (C=O) groups excluding carboxylic acids is 2. The SMILES string of the molecule is CCCCCCCCCCCCCCCCCC(=O)C(CCCCCCCCCCCCCC)C(=O)C(N)CN. The summed E-state index contributed by atoms with van der Waals surface area (Å²) >= 11 is 0. The molecule has 0 aliphatic rings. The molecule has 4 nitrogen and oxygen atoms in total. The van der Waals surface area contributed by atoms with Crippen molar-refractivity contribution in [2.45, 2.75) is 206 Å². The van der Waals surface area contributed by atoms with E-state index in [1.165, 1.54) is 148 Å². The number of unbranched alkanes of at least 4 members (excludes halogenated alkanes) is 25. The Morgan fingerprint density at radius 2 is 0.775 bits per heavy atom. The average molecular weight is 565 g/mol. The minimum atomic E-state index is -0.702. The molecule has 0 radical (unpaired) electrons. The van der Waals surface area contributed by atoms with E-state index in [-0.39, 0.29) is 18.1 Å². The van der Waals surface area contributed by atoms with Crippen LogP contribution in [0.1, 0.15) is 200 Å². The van der Waals surface area contributed by atoms with Crippen LogP contribution in [0.25, 0.3) is 0 Å². The van der Waals surface area contributed by atoms with Crippen LogP contribution in [-0.2, 0) is 9.59 Å². The molecule has 2 atom stereocenters. The lowest BCUT2D eigenvalue weighted by atomic mass is 9.86. The second-order valence-corrected chi connectivity index (χ2v) is 12.6. The molecule has 0 amide bonds. The summed E-state index contributed by atoms with van der Waals surface area (Å²) in [5.41, 5.74) is 11.6. The van der Waals surface area contributed by atoms with E-state index in [1.807, 2.05) is 0 Å². The van der Waals surface area contributed by atoms with Crippen LogP contribution >= 0.6 is 0 Å². The molecule has 0 aromatic rings. The van der Waals surface area contributed by atoms with Crippen molar-refractivity contribution < 1.29 is 9.59 Å². The van der Waals surface area contributed by atoms with Crippen LogP contribution in [0.4, 0.5) is 0 Å². The van der Waals surface area contributed by atoms with E-state index in [9.17, 15) is 9.59 Å². The molecule has 40 heavy (non-hydrogen) atoms. The molecule has 0 aliphatic carbocycles. The summed E-state index contributed by atoms with van der Waals surface area (Å²) in [6.45, 7) is 4.67. The number of hydrogen-bond acceptors (Lipinski definition) is 4. The Labute approximate surface area is 251 Å². The lowest BCUT2D eigenvalue weighted by Gasteiger charge is -2.18. The Morgan fingerprint density at radius 1 is 0.475 bits per heavy atom. The molecule has 0 saturated carbocycles. The smallest absolute Gasteiger partial charge is 0.161 e. The average Bonchev–Trinajstić information content (AvgIpc) is 2.96. The van der Waals surface area contributed by atoms with Gasteiger partial charge in [-0.1, -0.05) is 181 Å². The molecule has 0 heterocycles. The van der Waals surface area contributed by atoms with Gasteiger partial charge >= 0.3 is 0 Å². The molecule has 4 heteroatoms. The molecule has 0 fully saturated rings. The summed E-state index contributed by atoms with van der Waals surface area (Å²) in [6, 6.07) is -0.702. The van der Waals surface area contributed by atoms with Crippen molar-refractivity contribution in [2.75, 3.05) is 6.54 Å². The summed E-state index contributed by atoms with van der Waals surface area (Å²) in [5, 5.41) is 0. The van der Waals surface area contributed by atoms with Gasteiger partial charge in [0.15, 0.2) is 5.78 Å². The van der Waals surface area contributed by atoms with Crippen LogP contribution in [0.5, 0.6) is 0 Å². The van der Waals surface area contributed by atoms with Gasteiger partial charge in [0.1, 0.15) is 5.78 Å². The first-order valence-electron chi connectivity index (χ1n) is 18.1. The number of carbonyl (C=O) groups is 2. The third kappa shape index (κ3) is 25.0. The van der Waals surface area contributed by atoms with E-state index in [0.717, 1.165) is 25.7 Å². The van der Waals surface area contributed by atoms with Crippen molar-refractivity contribution in [1.82, 2.24) is 0 Å².